The maximum absolute atomic E-state index is 13.2. The molecule has 2 aromatic rings. The fraction of sp³-hybridized carbons (Fsp3) is 0.100. The molecule has 13 heavy (non-hydrogen) atoms. The molecule has 2 nitrogen and oxygen atoms in total. The van der Waals surface area contributed by atoms with Gasteiger partial charge in [-0.05, 0) is 6.07 Å². The highest BCUT2D eigenvalue weighted by molar-refractivity contribution is 5.87. The maximum Gasteiger partial charge on any atom is 0.221 e. The number of fused-ring (bicyclic) bond motifs is 1. The number of nitrogens with zero attached hydrogens (tertiary/aromatic N) is 1. The minimum absolute atomic E-state index is 0.323. The molecule has 2 rings (SSSR count). The quantitative estimate of drug-likeness (QED) is 0.667. The zero-order valence-electron chi connectivity index (χ0n) is 7.12. The first-order chi connectivity index (χ1) is 6.33. The van der Waals surface area contributed by atoms with Crippen molar-refractivity contribution in [3.63, 3.8) is 0 Å². The number of benzene rings is 1. The molecule has 0 amide bonds. The van der Waals surface area contributed by atoms with Crippen LogP contribution in [0.15, 0.2) is 30.5 Å². The van der Waals surface area contributed by atoms with Crippen molar-refractivity contribution in [1.29, 1.82) is 0 Å². The van der Waals surface area contributed by atoms with Crippen molar-refractivity contribution >= 4 is 10.8 Å². The molecule has 0 atom stereocenters. The Bertz CT molecular complexity index is 442. The largest absolute Gasteiger partial charge is 0.481 e. The first-order valence-corrected chi connectivity index (χ1v) is 3.90. The van der Waals surface area contributed by atoms with Gasteiger partial charge >= 0.3 is 0 Å². The Morgan fingerprint density at radius 2 is 1.92 bits per heavy atom. The lowest BCUT2D eigenvalue weighted by atomic mass is 10.2. The van der Waals surface area contributed by atoms with Crippen molar-refractivity contribution in [2.75, 3.05) is 7.11 Å². The average molecular weight is 177 g/mol. The number of aromatic nitrogens is 1. The zero-order valence-corrected chi connectivity index (χ0v) is 7.12. The number of methoxy groups -OCH3 is 1. The summed E-state index contributed by atoms with van der Waals surface area (Å²) >= 11 is 0. The molecule has 3 heteroatoms. The van der Waals surface area contributed by atoms with Crippen LogP contribution in [0.3, 0.4) is 0 Å². The lowest BCUT2D eigenvalue weighted by Gasteiger charge is -2.03. The predicted molar refractivity (Wildman–Crippen MR) is 48.3 cm³/mol. The molecule has 1 aromatic carbocycles. The van der Waals surface area contributed by atoms with Crippen LogP contribution in [0.5, 0.6) is 5.88 Å². The number of hydrogen-bond donors (Lipinski definition) is 0. The molecule has 66 valence electrons. The van der Waals surface area contributed by atoms with Gasteiger partial charge in [-0.15, -0.1) is 0 Å². The fourth-order valence-corrected chi connectivity index (χ4v) is 1.29. The van der Waals surface area contributed by atoms with Gasteiger partial charge < -0.3 is 4.74 Å². The van der Waals surface area contributed by atoms with Gasteiger partial charge in [0, 0.05) is 10.8 Å². The van der Waals surface area contributed by atoms with Crippen LogP contribution < -0.4 is 4.74 Å². The molecule has 0 bridgehead atoms. The van der Waals surface area contributed by atoms with Crippen LogP contribution in [0.2, 0.25) is 0 Å². The summed E-state index contributed by atoms with van der Waals surface area (Å²) in [5.41, 5.74) is 0. The minimum Gasteiger partial charge on any atom is -0.481 e. The molecule has 0 radical (unpaired) electrons. The van der Waals surface area contributed by atoms with Crippen LogP contribution >= 0.6 is 0 Å². The number of rotatable bonds is 1. The fourth-order valence-electron chi connectivity index (χ4n) is 1.29. The van der Waals surface area contributed by atoms with E-state index in [0.29, 0.717) is 16.7 Å². The Labute approximate surface area is 75.0 Å². The van der Waals surface area contributed by atoms with Crippen LogP contribution in [0.1, 0.15) is 0 Å². The third kappa shape index (κ3) is 1.22. The van der Waals surface area contributed by atoms with Gasteiger partial charge in [-0.3, -0.25) is 0 Å². The monoisotopic (exact) mass is 177 g/mol. The van der Waals surface area contributed by atoms with Crippen molar-refractivity contribution in [3.05, 3.63) is 36.3 Å². The van der Waals surface area contributed by atoms with Crippen molar-refractivity contribution < 1.29 is 9.13 Å². The summed E-state index contributed by atoms with van der Waals surface area (Å²) in [6.45, 7) is 0. The average Bonchev–Trinajstić information content (AvgIpc) is 2.19. The van der Waals surface area contributed by atoms with Crippen LogP contribution in [0, 0.1) is 5.82 Å². The van der Waals surface area contributed by atoms with Gasteiger partial charge in [-0.25, -0.2) is 9.37 Å². The summed E-state index contributed by atoms with van der Waals surface area (Å²) in [5, 5.41) is 1.24. The summed E-state index contributed by atoms with van der Waals surface area (Å²) in [5.74, 6) is 0.133. The van der Waals surface area contributed by atoms with Gasteiger partial charge in [0.2, 0.25) is 5.88 Å². The molecule has 0 unspecified atom stereocenters. The van der Waals surface area contributed by atoms with E-state index in [0.717, 1.165) is 0 Å². The molecule has 1 heterocycles. The van der Waals surface area contributed by atoms with Crippen molar-refractivity contribution in [1.82, 2.24) is 4.98 Å². The lowest BCUT2D eigenvalue weighted by molar-refractivity contribution is 0.402. The van der Waals surface area contributed by atoms with E-state index in [4.69, 9.17) is 4.74 Å². The van der Waals surface area contributed by atoms with E-state index in [2.05, 4.69) is 4.98 Å². The van der Waals surface area contributed by atoms with Gasteiger partial charge in [-0.1, -0.05) is 18.2 Å². The van der Waals surface area contributed by atoms with Crippen LogP contribution in [0.25, 0.3) is 10.8 Å². The Kier molecular flexibility index (Phi) is 1.85. The second kappa shape index (κ2) is 3.01. The third-order valence-electron chi connectivity index (χ3n) is 1.90. The normalized spacial score (nSPS) is 10.3. The number of pyridine rings is 1. The van der Waals surface area contributed by atoms with Crippen LogP contribution in [-0.4, -0.2) is 12.1 Å². The summed E-state index contributed by atoms with van der Waals surface area (Å²) in [6.07, 6.45) is 1.17. The van der Waals surface area contributed by atoms with Gasteiger partial charge in [0.1, 0.15) is 5.82 Å². The second-order valence-electron chi connectivity index (χ2n) is 2.66. The molecular weight excluding hydrogens is 169 g/mol. The smallest absolute Gasteiger partial charge is 0.221 e. The highest BCUT2D eigenvalue weighted by atomic mass is 19.1. The van der Waals surface area contributed by atoms with E-state index in [1.807, 2.05) is 6.07 Å². The molecule has 0 saturated carbocycles. The summed E-state index contributed by atoms with van der Waals surface area (Å²) in [7, 11) is 1.52. The molecular formula is C10H8FNO. The molecule has 1 aromatic heterocycles. The molecule has 0 fully saturated rings. The zero-order chi connectivity index (χ0) is 9.26. The standard InChI is InChI=1S/C10H8FNO/c1-13-10-8-5-3-2-4-7(8)9(11)6-12-10/h2-6H,1H3. The van der Waals surface area contributed by atoms with E-state index in [-0.39, 0.29) is 5.82 Å². The predicted octanol–water partition coefficient (Wildman–Crippen LogP) is 2.38. The first kappa shape index (κ1) is 7.98. The van der Waals surface area contributed by atoms with Gasteiger partial charge in [0.05, 0.1) is 13.3 Å². The summed E-state index contributed by atoms with van der Waals surface area (Å²) < 4.78 is 18.2. The third-order valence-corrected chi connectivity index (χ3v) is 1.90. The van der Waals surface area contributed by atoms with Gasteiger partial charge in [0.15, 0.2) is 0 Å². The van der Waals surface area contributed by atoms with Gasteiger partial charge in [0.25, 0.3) is 0 Å². The van der Waals surface area contributed by atoms with Gasteiger partial charge in [-0.2, -0.15) is 0 Å². The summed E-state index contributed by atoms with van der Waals surface area (Å²) in [4.78, 5) is 3.83. The van der Waals surface area contributed by atoms with Crippen molar-refractivity contribution in [2.45, 2.75) is 0 Å². The molecule has 0 N–H and O–H groups in total. The number of hydrogen-bond acceptors (Lipinski definition) is 2. The van der Waals surface area contributed by atoms with Crippen LogP contribution in [-0.2, 0) is 0 Å². The van der Waals surface area contributed by atoms with E-state index < -0.39 is 0 Å². The lowest BCUT2D eigenvalue weighted by Crippen LogP contribution is -1.90. The first-order valence-electron chi connectivity index (χ1n) is 3.90. The Hall–Kier alpha value is -1.64. The van der Waals surface area contributed by atoms with E-state index in [9.17, 15) is 4.39 Å². The second-order valence-corrected chi connectivity index (χ2v) is 2.66. The van der Waals surface area contributed by atoms with E-state index in [1.54, 1.807) is 18.2 Å². The Morgan fingerprint density at radius 3 is 2.62 bits per heavy atom. The minimum atomic E-state index is -0.323. The molecule has 0 saturated heterocycles. The highest BCUT2D eigenvalue weighted by Crippen LogP contribution is 2.24. The van der Waals surface area contributed by atoms with Crippen molar-refractivity contribution in [2.24, 2.45) is 0 Å². The molecule has 0 aliphatic rings. The number of halogens is 1. The van der Waals surface area contributed by atoms with E-state index in [1.165, 1.54) is 13.3 Å². The Balaban J connectivity index is 2.84. The topological polar surface area (TPSA) is 22.1 Å². The molecule has 0 aliphatic carbocycles. The molecule has 0 aliphatic heterocycles. The highest BCUT2D eigenvalue weighted by Gasteiger charge is 2.05. The van der Waals surface area contributed by atoms with E-state index >= 15 is 0 Å². The summed E-state index contributed by atoms with van der Waals surface area (Å²) in [6, 6.07) is 7.09. The van der Waals surface area contributed by atoms with Crippen LogP contribution in [0.4, 0.5) is 4.39 Å². The number of ether oxygens (including phenoxy) is 1. The SMILES string of the molecule is COc1ncc(F)c2ccccc12. The molecule has 0 spiro atoms. The Morgan fingerprint density at radius 1 is 1.23 bits per heavy atom. The maximum atomic E-state index is 13.2. The van der Waals surface area contributed by atoms with Crippen molar-refractivity contribution in [3.8, 4) is 5.88 Å².